The van der Waals surface area contributed by atoms with Crippen molar-refractivity contribution >= 4 is 5.91 Å². The van der Waals surface area contributed by atoms with Gasteiger partial charge in [0.1, 0.15) is 48.8 Å². The third-order valence-corrected chi connectivity index (χ3v) is 16.4. The van der Waals surface area contributed by atoms with Crippen molar-refractivity contribution in [1.29, 1.82) is 0 Å². The zero-order valence-electron chi connectivity index (χ0n) is 55.4. The number of nitrogens with one attached hydrogen (secondary N) is 1. The van der Waals surface area contributed by atoms with Gasteiger partial charge in [-0.15, -0.1) is 0 Å². The van der Waals surface area contributed by atoms with Crippen molar-refractivity contribution in [3.05, 3.63) is 122 Å². The summed E-state index contributed by atoms with van der Waals surface area (Å²) in [6.45, 7) is 2.63. The number of amides is 1. The average molecular weight is 1250 g/mol. The molecule has 0 radical (unpaired) electrons. The second-order valence-electron chi connectivity index (χ2n) is 24.3. The van der Waals surface area contributed by atoms with E-state index in [9.17, 15) is 45.6 Å². The second-order valence-corrected chi connectivity index (χ2v) is 24.3. The van der Waals surface area contributed by atoms with Crippen molar-refractivity contribution in [3.63, 3.8) is 0 Å². The van der Waals surface area contributed by atoms with E-state index in [0.29, 0.717) is 12.8 Å². The first kappa shape index (κ1) is 81.5. The molecule has 0 aromatic carbocycles. The van der Waals surface area contributed by atoms with Crippen LogP contribution in [0.1, 0.15) is 251 Å². The Morgan fingerprint density at radius 3 is 1.24 bits per heavy atom. The van der Waals surface area contributed by atoms with Crippen LogP contribution in [0.3, 0.4) is 0 Å². The van der Waals surface area contributed by atoms with Crippen LogP contribution in [-0.2, 0) is 23.7 Å². The molecule has 0 spiro atoms. The van der Waals surface area contributed by atoms with E-state index in [4.69, 9.17) is 18.9 Å². The fourth-order valence-electron chi connectivity index (χ4n) is 10.8. The number of hydrogen-bond acceptors (Lipinski definition) is 13. The predicted molar refractivity (Wildman–Crippen MR) is 364 cm³/mol. The second kappa shape index (κ2) is 58.2. The Morgan fingerprint density at radius 2 is 0.787 bits per heavy atom. The Bertz CT molecular complexity index is 1960. The Balaban J connectivity index is 1.57. The summed E-state index contributed by atoms with van der Waals surface area (Å²) in [5.74, 6) is -0.255. The number of rotatable bonds is 56. The lowest BCUT2D eigenvalue weighted by molar-refractivity contribution is -0.359. The molecule has 89 heavy (non-hydrogen) atoms. The third-order valence-electron chi connectivity index (χ3n) is 16.4. The highest BCUT2D eigenvalue weighted by atomic mass is 16.7. The third kappa shape index (κ3) is 42.3. The predicted octanol–water partition coefficient (Wildman–Crippen LogP) is 14.5. The summed E-state index contributed by atoms with van der Waals surface area (Å²) < 4.78 is 22.8. The maximum absolute atomic E-state index is 13.3. The lowest BCUT2D eigenvalue weighted by Gasteiger charge is -2.46. The van der Waals surface area contributed by atoms with Crippen molar-refractivity contribution in [2.24, 2.45) is 0 Å². The minimum atomic E-state index is -1.80. The van der Waals surface area contributed by atoms with Gasteiger partial charge in [0, 0.05) is 6.42 Å². The summed E-state index contributed by atoms with van der Waals surface area (Å²) in [6.07, 6.45) is 68.5. The molecule has 0 aliphatic carbocycles. The summed E-state index contributed by atoms with van der Waals surface area (Å²) in [5, 5.41) is 87.2. The van der Waals surface area contributed by atoms with Gasteiger partial charge in [-0.1, -0.05) is 264 Å². The largest absolute Gasteiger partial charge is 0.394 e. The van der Waals surface area contributed by atoms with E-state index in [1.807, 2.05) is 6.08 Å². The van der Waals surface area contributed by atoms with E-state index < -0.39 is 86.8 Å². The molecular formula is C75H127NO13. The number of carbonyl (C=O) groups is 1. The Kier molecular flexibility index (Phi) is 53.3. The molecule has 2 heterocycles. The lowest BCUT2D eigenvalue weighted by atomic mass is 9.97. The first-order chi connectivity index (χ1) is 43.6. The number of ether oxygens (including phenoxy) is 4. The summed E-state index contributed by atoms with van der Waals surface area (Å²) >= 11 is 0. The molecule has 12 atom stereocenters. The molecule has 14 heteroatoms. The number of aliphatic hydroxyl groups is 8. The quantitative estimate of drug-likeness (QED) is 0.0204. The van der Waals surface area contributed by atoms with E-state index in [0.717, 1.165) is 89.9 Å². The molecule has 2 aliphatic heterocycles. The summed E-state index contributed by atoms with van der Waals surface area (Å²) in [5.41, 5.74) is 0. The first-order valence-electron chi connectivity index (χ1n) is 35.3. The van der Waals surface area contributed by atoms with E-state index in [2.05, 4.69) is 129 Å². The molecule has 0 bridgehead atoms. The molecule has 2 aliphatic rings. The number of unbranched alkanes of at least 4 members (excludes halogenated alkanes) is 25. The molecule has 12 unspecified atom stereocenters. The van der Waals surface area contributed by atoms with Gasteiger partial charge in [0.2, 0.25) is 5.91 Å². The van der Waals surface area contributed by atoms with Crippen LogP contribution in [0.4, 0.5) is 0 Å². The van der Waals surface area contributed by atoms with Gasteiger partial charge >= 0.3 is 0 Å². The van der Waals surface area contributed by atoms with Crippen molar-refractivity contribution in [2.75, 3.05) is 19.8 Å². The Labute approximate surface area is 539 Å². The highest BCUT2D eigenvalue weighted by Crippen LogP contribution is 2.30. The molecule has 0 aromatic rings. The molecule has 510 valence electrons. The molecule has 9 N–H and O–H groups in total. The van der Waals surface area contributed by atoms with E-state index in [1.165, 1.54) is 128 Å². The highest BCUT2D eigenvalue weighted by molar-refractivity contribution is 5.76. The topological polar surface area (TPSA) is 228 Å². The molecule has 14 nitrogen and oxygen atoms in total. The zero-order chi connectivity index (χ0) is 64.5. The van der Waals surface area contributed by atoms with E-state index >= 15 is 0 Å². The van der Waals surface area contributed by atoms with Gasteiger partial charge in [0.15, 0.2) is 12.6 Å². The van der Waals surface area contributed by atoms with Crippen molar-refractivity contribution in [3.8, 4) is 0 Å². The van der Waals surface area contributed by atoms with Gasteiger partial charge in [-0.2, -0.15) is 0 Å². The number of aliphatic hydroxyl groups excluding tert-OH is 8. The number of hydrogen-bond donors (Lipinski definition) is 9. The lowest BCUT2D eigenvalue weighted by Crippen LogP contribution is -2.65. The Morgan fingerprint density at radius 1 is 0.416 bits per heavy atom. The SMILES string of the molecule is CC/C=C\C/C=C\C/C=C\C/C=C\C/C=C\C/C=C\C/C=C\CCCCCCCCCCCCCCCCCCCCCC(=O)NC(COC1OC(CO)C(OC2OC(CO)C(O)C(O)C2O)C(O)C1O)C(O)/C=C/CC/C=C/CC/C=C/CCCCCC. The smallest absolute Gasteiger partial charge is 0.220 e. The molecule has 0 aromatic heterocycles. The molecule has 2 fully saturated rings. The minimum absolute atomic E-state index is 0.255. The maximum atomic E-state index is 13.3. The van der Waals surface area contributed by atoms with Crippen molar-refractivity contribution in [2.45, 2.75) is 325 Å². The standard InChI is InChI=1S/C75H127NO13/c1-3-5-7-9-11-13-15-17-19-20-21-22-23-24-25-26-27-28-29-30-31-32-33-34-35-36-37-38-39-40-41-42-43-44-45-47-49-51-53-55-57-59-67(80)76-63(64(79)58-56-54-52-50-48-46-18-16-14-12-10-8-6-4-2)62-86-74-72(85)70(83)73(66(61-78)88-74)89-75-71(84)69(82)68(81)65(60-77)87-75/h5,7,11,13-14,16-17,19,21-22,24-25,27-28,30-31,48,50,56,58,63-66,68-75,77-79,81-85H,3-4,6,8-10,12,15,18,20,23,26,29,32-47,49,51-55,57,59-62H2,1-2H3,(H,76,80)/b7-5-,13-11-,16-14+,19-17-,22-21-,25-24-,28-27-,31-30-,50-48+,58-56+. The van der Waals surface area contributed by atoms with Crippen LogP contribution in [0.25, 0.3) is 0 Å². The average Bonchev–Trinajstić information content (AvgIpc) is 2.74. The zero-order valence-corrected chi connectivity index (χ0v) is 55.4. The molecule has 0 saturated carbocycles. The van der Waals surface area contributed by atoms with Crippen molar-refractivity contribution < 1.29 is 64.6 Å². The van der Waals surface area contributed by atoms with Crippen LogP contribution in [0.5, 0.6) is 0 Å². The van der Waals surface area contributed by atoms with E-state index in [1.54, 1.807) is 6.08 Å². The fraction of sp³-hybridized carbons (Fsp3) is 0.720. The van der Waals surface area contributed by atoms with Crippen LogP contribution < -0.4 is 5.32 Å². The number of allylic oxidation sites excluding steroid dienone is 19. The van der Waals surface area contributed by atoms with Gasteiger partial charge in [-0.05, 0) is 103 Å². The fourth-order valence-corrected chi connectivity index (χ4v) is 10.8. The molecule has 2 saturated heterocycles. The first-order valence-corrected chi connectivity index (χ1v) is 35.3. The number of carbonyl (C=O) groups excluding carboxylic acids is 1. The van der Waals surface area contributed by atoms with Gasteiger partial charge in [-0.3, -0.25) is 4.79 Å². The monoisotopic (exact) mass is 1250 g/mol. The van der Waals surface area contributed by atoms with Gasteiger partial charge < -0.3 is 65.1 Å². The highest BCUT2D eigenvalue weighted by Gasteiger charge is 2.51. The van der Waals surface area contributed by atoms with E-state index in [-0.39, 0.29) is 18.9 Å². The summed E-state index contributed by atoms with van der Waals surface area (Å²) in [4.78, 5) is 13.3. The van der Waals surface area contributed by atoms with Gasteiger partial charge in [-0.25, -0.2) is 0 Å². The van der Waals surface area contributed by atoms with Gasteiger partial charge in [0.25, 0.3) is 0 Å². The van der Waals surface area contributed by atoms with Crippen molar-refractivity contribution in [1.82, 2.24) is 5.32 Å². The van der Waals surface area contributed by atoms with Gasteiger partial charge in [0.05, 0.1) is 32.0 Å². The summed E-state index contributed by atoms with van der Waals surface area (Å²) in [7, 11) is 0. The Hall–Kier alpha value is -3.61. The maximum Gasteiger partial charge on any atom is 0.220 e. The summed E-state index contributed by atoms with van der Waals surface area (Å²) in [6, 6.07) is -0.942. The van der Waals surface area contributed by atoms with Crippen LogP contribution >= 0.6 is 0 Å². The minimum Gasteiger partial charge on any atom is -0.394 e. The molecule has 1 amide bonds. The molecular weight excluding hydrogens is 1120 g/mol. The van der Waals surface area contributed by atoms with Crippen LogP contribution in [-0.4, -0.2) is 140 Å². The van der Waals surface area contributed by atoms with Crippen LogP contribution in [0.15, 0.2) is 122 Å². The molecule has 2 rings (SSSR count). The van der Waals surface area contributed by atoms with Crippen LogP contribution in [0, 0.1) is 0 Å². The van der Waals surface area contributed by atoms with Crippen LogP contribution in [0.2, 0.25) is 0 Å². The normalized spacial score (nSPS) is 23.8.